The van der Waals surface area contributed by atoms with Crippen LogP contribution >= 0.6 is 15.9 Å². The molecule has 1 amide bonds. The van der Waals surface area contributed by atoms with Crippen molar-refractivity contribution in [2.75, 3.05) is 19.6 Å². The molecule has 0 radical (unpaired) electrons. The van der Waals surface area contributed by atoms with Crippen LogP contribution in [0.2, 0.25) is 0 Å². The van der Waals surface area contributed by atoms with E-state index in [1.165, 1.54) is 17.6 Å². The van der Waals surface area contributed by atoms with Crippen LogP contribution in [0.15, 0.2) is 57.9 Å². The summed E-state index contributed by atoms with van der Waals surface area (Å²) < 4.78 is 33.5. The highest BCUT2D eigenvalue weighted by atomic mass is 79.9. The second-order valence-electron chi connectivity index (χ2n) is 5.84. The molecule has 3 N–H and O–H groups in total. The summed E-state index contributed by atoms with van der Waals surface area (Å²) in [7, 11) is -3.90. The maximum absolute atomic E-state index is 12.9. The quantitative estimate of drug-likeness (QED) is 0.467. The lowest BCUT2D eigenvalue weighted by Gasteiger charge is -2.33. The zero-order valence-electron chi connectivity index (χ0n) is 14.1. The summed E-state index contributed by atoms with van der Waals surface area (Å²) in [6.07, 6.45) is 0. The van der Waals surface area contributed by atoms with E-state index in [2.05, 4.69) is 21.2 Å². The van der Waals surface area contributed by atoms with Crippen LogP contribution in [0.1, 0.15) is 0 Å². The first-order valence-electron chi connectivity index (χ1n) is 8.12. The predicted octanol–water partition coefficient (Wildman–Crippen LogP) is 1.71. The minimum Gasteiger partial charge on any atom is -0.457 e. The molecule has 0 aliphatic carbocycles. The number of rotatable bonds is 5. The van der Waals surface area contributed by atoms with Crippen molar-refractivity contribution in [3.8, 4) is 11.5 Å². The van der Waals surface area contributed by atoms with Gasteiger partial charge in [-0.1, -0.05) is 15.9 Å². The van der Waals surface area contributed by atoms with E-state index in [-0.39, 0.29) is 18.0 Å². The van der Waals surface area contributed by atoms with Gasteiger partial charge in [0.15, 0.2) is 0 Å². The molecule has 2 aromatic carbocycles. The molecule has 27 heavy (non-hydrogen) atoms. The standard InChI is InChI=1S/C17H18BrN3O5S/c18-12-1-3-13(4-2-12)26-14-5-7-15(8-6-14)27(24,25)21-10-9-19-11-16(21)17(22)20-23/h1-8,16,19,23H,9-11H2,(H,20,22)/t16-/m1/s1. The highest BCUT2D eigenvalue weighted by molar-refractivity contribution is 9.10. The number of hydrogen-bond acceptors (Lipinski definition) is 6. The number of carbonyl (C=O) groups excluding carboxylic acids is 1. The number of benzene rings is 2. The van der Waals surface area contributed by atoms with Crippen molar-refractivity contribution in [1.82, 2.24) is 15.1 Å². The Kier molecular flexibility index (Phi) is 6.12. The molecule has 8 nitrogen and oxygen atoms in total. The molecular formula is C17H18BrN3O5S. The summed E-state index contributed by atoms with van der Waals surface area (Å²) in [5.74, 6) is 0.331. The fraction of sp³-hybridized carbons (Fsp3) is 0.235. The molecule has 0 bridgehead atoms. The van der Waals surface area contributed by atoms with Crippen LogP contribution in [0.5, 0.6) is 11.5 Å². The van der Waals surface area contributed by atoms with Crippen LogP contribution in [-0.4, -0.2) is 49.5 Å². The number of sulfonamides is 1. The molecule has 0 aromatic heterocycles. The van der Waals surface area contributed by atoms with Crippen molar-refractivity contribution in [2.24, 2.45) is 0 Å². The molecule has 144 valence electrons. The third-order valence-electron chi connectivity index (χ3n) is 4.09. The third kappa shape index (κ3) is 4.47. The summed E-state index contributed by atoms with van der Waals surface area (Å²) in [5.41, 5.74) is 1.52. The molecule has 1 fully saturated rings. The molecule has 1 saturated heterocycles. The van der Waals surface area contributed by atoms with Crippen LogP contribution in [0, 0.1) is 0 Å². The monoisotopic (exact) mass is 455 g/mol. The molecule has 2 aromatic rings. The third-order valence-corrected chi connectivity index (χ3v) is 6.54. The predicted molar refractivity (Wildman–Crippen MR) is 101 cm³/mol. The van der Waals surface area contributed by atoms with Gasteiger partial charge in [0.2, 0.25) is 10.0 Å². The number of nitrogens with zero attached hydrogens (tertiary/aromatic N) is 1. The van der Waals surface area contributed by atoms with E-state index in [9.17, 15) is 13.2 Å². The van der Waals surface area contributed by atoms with E-state index in [1.807, 2.05) is 12.1 Å². The first-order valence-corrected chi connectivity index (χ1v) is 10.3. The molecule has 3 rings (SSSR count). The second kappa shape index (κ2) is 8.36. The normalized spacial score (nSPS) is 18.1. The Morgan fingerprint density at radius 1 is 1.15 bits per heavy atom. The Labute approximate surface area is 165 Å². The summed E-state index contributed by atoms with van der Waals surface area (Å²) in [4.78, 5) is 11.9. The molecule has 0 unspecified atom stereocenters. The van der Waals surface area contributed by atoms with Gasteiger partial charge in [-0.3, -0.25) is 10.0 Å². The van der Waals surface area contributed by atoms with Crippen molar-refractivity contribution in [1.29, 1.82) is 0 Å². The second-order valence-corrected chi connectivity index (χ2v) is 8.65. The van der Waals surface area contributed by atoms with E-state index in [0.717, 1.165) is 8.78 Å². The number of ether oxygens (including phenoxy) is 1. The Balaban J connectivity index is 1.80. The minimum absolute atomic E-state index is 0.0447. The highest BCUT2D eigenvalue weighted by Crippen LogP contribution is 2.26. The number of nitrogens with one attached hydrogen (secondary N) is 2. The van der Waals surface area contributed by atoms with Crippen molar-refractivity contribution in [3.05, 3.63) is 53.0 Å². The summed E-state index contributed by atoms with van der Waals surface area (Å²) in [6, 6.07) is 12.2. The van der Waals surface area contributed by atoms with Crippen LogP contribution < -0.4 is 15.5 Å². The number of hydrogen-bond donors (Lipinski definition) is 3. The van der Waals surface area contributed by atoms with Crippen LogP contribution in [0.3, 0.4) is 0 Å². The molecule has 1 aliphatic heterocycles. The van der Waals surface area contributed by atoms with Gasteiger partial charge in [-0.15, -0.1) is 0 Å². The Morgan fingerprint density at radius 2 is 1.74 bits per heavy atom. The van der Waals surface area contributed by atoms with Gasteiger partial charge in [0.05, 0.1) is 4.90 Å². The van der Waals surface area contributed by atoms with Gasteiger partial charge in [-0.05, 0) is 48.5 Å². The number of piperazine rings is 1. The van der Waals surface area contributed by atoms with Gasteiger partial charge in [-0.25, -0.2) is 13.9 Å². The fourth-order valence-corrected chi connectivity index (χ4v) is 4.58. The first-order chi connectivity index (χ1) is 12.9. The van der Waals surface area contributed by atoms with Crippen LogP contribution in [0.25, 0.3) is 0 Å². The van der Waals surface area contributed by atoms with Crippen molar-refractivity contribution < 1.29 is 23.2 Å². The van der Waals surface area contributed by atoms with Gasteiger partial charge in [0, 0.05) is 24.1 Å². The highest BCUT2D eigenvalue weighted by Gasteiger charge is 2.37. The lowest BCUT2D eigenvalue weighted by atomic mass is 10.2. The topological polar surface area (TPSA) is 108 Å². The summed E-state index contributed by atoms with van der Waals surface area (Å²) in [6.45, 7) is 0.660. The van der Waals surface area contributed by atoms with E-state index in [0.29, 0.717) is 18.0 Å². The molecule has 1 atom stereocenters. The average Bonchev–Trinajstić information content (AvgIpc) is 2.69. The lowest BCUT2D eigenvalue weighted by molar-refractivity contribution is -0.133. The number of amides is 1. The Morgan fingerprint density at radius 3 is 2.33 bits per heavy atom. The zero-order chi connectivity index (χ0) is 19.4. The molecule has 0 saturated carbocycles. The van der Waals surface area contributed by atoms with Crippen LogP contribution in [-0.2, 0) is 14.8 Å². The number of halogens is 1. The molecular weight excluding hydrogens is 438 g/mol. The van der Waals surface area contributed by atoms with Gasteiger partial charge < -0.3 is 10.1 Å². The van der Waals surface area contributed by atoms with Gasteiger partial charge in [0.25, 0.3) is 5.91 Å². The SMILES string of the molecule is O=C(NO)[C@H]1CNCCN1S(=O)(=O)c1ccc(Oc2ccc(Br)cc2)cc1. The van der Waals surface area contributed by atoms with E-state index < -0.39 is 22.0 Å². The van der Waals surface area contributed by atoms with E-state index in [1.54, 1.807) is 24.3 Å². The van der Waals surface area contributed by atoms with Gasteiger partial charge in [0.1, 0.15) is 17.5 Å². The molecule has 1 heterocycles. The Hall–Kier alpha value is -1.98. The van der Waals surface area contributed by atoms with Crippen molar-refractivity contribution in [3.63, 3.8) is 0 Å². The van der Waals surface area contributed by atoms with Crippen LogP contribution in [0.4, 0.5) is 0 Å². The zero-order valence-corrected chi connectivity index (χ0v) is 16.5. The maximum atomic E-state index is 12.9. The molecule has 0 spiro atoms. The van der Waals surface area contributed by atoms with E-state index in [4.69, 9.17) is 9.94 Å². The van der Waals surface area contributed by atoms with Gasteiger partial charge in [-0.2, -0.15) is 4.31 Å². The number of hydroxylamine groups is 1. The average molecular weight is 456 g/mol. The summed E-state index contributed by atoms with van der Waals surface area (Å²) in [5, 5.41) is 11.8. The Bertz CT molecular complexity index is 903. The molecule has 1 aliphatic rings. The smallest absolute Gasteiger partial charge is 0.263 e. The largest absolute Gasteiger partial charge is 0.457 e. The first kappa shape index (κ1) is 19.8. The van der Waals surface area contributed by atoms with E-state index >= 15 is 0 Å². The van der Waals surface area contributed by atoms with Gasteiger partial charge >= 0.3 is 0 Å². The maximum Gasteiger partial charge on any atom is 0.263 e. The minimum atomic E-state index is -3.90. The van der Waals surface area contributed by atoms with Crippen molar-refractivity contribution >= 4 is 31.9 Å². The fourth-order valence-electron chi connectivity index (χ4n) is 2.73. The number of carbonyl (C=O) groups is 1. The van der Waals surface area contributed by atoms with Crippen molar-refractivity contribution in [2.45, 2.75) is 10.9 Å². The molecule has 10 heteroatoms. The summed E-state index contributed by atoms with van der Waals surface area (Å²) >= 11 is 3.34. The lowest BCUT2D eigenvalue weighted by Crippen LogP contribution is -2.59.